The maximum atomic E-state index is 13.2. The summed E-state index contributed by atoms with van der Waals surface area (Å²) in [6.07, 6.45) is 0. The molecule has 160 valence electrons. The van der Waals surface area contributed by atoms with Crippen molar-refractivity contribution in [1.29, 1.82) is 0 Å². The van der Waals surface area contributed by atoms with Crippen LogP contribution in [0.3, 0.4) is 0 Å². The number of nitrogens with zero attached hydrogens (tertiary/aromatic N) is 2. The number of halogens is 2. The van der Waals surface area contributed by atoms with Gasteiger partial charge < -0.3 is 15.5 Å². The first-order valence-electron chi connectivity index (χ1n) is 9.95. The zero-order valence-electron chi connectivity index (χ0n) is 17.1. The minimum atomic E-state index is -0.349. The van der Waals surface area contributed by atoms with Crippen LogP contribution in [0.25, 0.3) is 0 Å². The third-order valence-electron chi connectivity index (χ3n) is 4.86. The number of nitrogens with one attached hydrogen (secondary N) is 2. The van der Waals surface area contributed by atoms with Gasteiger partial charge in [-0.2, -0.15) is 0 Å². The van der Waals surface area contributed by atoms with Crippen LogP contribution in [0.2, 0.25) is 5.02 Å². The molecule has 0 bridgehead atoms. The molecule has 1 saturated heterocycles. The lowest BCUT2D eigenvalue weighted by Gasteiger charge is -2.35. The number of hydrogen-bond donors (Lipinski definition) is 2. The molecule has 3 rings (SSSR count). The normalized spacial score (nSPS) is 14.6. The molecule has 1 aliphatic rings. The largest absolute Gasteiger partial charge is 0.336 e. The Morgan fingerprint density at radius 1 is 1.10 bits per heavy atom. The smallest absolute Gasteiger partial charge is 0.319 e. The van der Waals surface area contributed by atoms with Gasteiger partial charge in [-0.15, -0.1) is 0 Å². The summed E-state index contributed by atoms with van der Waals surface area (Å²) in [6.45, 7) is 6.95. The van der Waals surface area contributed by atoms with E-state index >= 15 is 0 Å². The standard InChI is InChI=1S/C22H26ClFN4O2/c1-15(2)25-22(30)26-19-5-3-4-16(12-19)21(29)28-10-8-27(9-11-28)14-17-6-7-18(24)13-20(17)23/h3-7,12-13,15H,8-11,14H2,1-2H3,(H2,25,26,30). The number of piperazine rings is 1. The van der Waals surface area contributed by atoms with Crippen LogP contribution in [-0.2, 0) is 6.54 Å². The predicted octanol–water partition coefficient (Wildman–Crippen LogP) is 3.97. The van der Waals surface area contributed by atoms with Gasteiger partial charge >= 0.3 is 6.03 Å². The molecule has 0 spiro atoms. The first-order valence-corrected chi connectivity index (χ1v) is 10.3. The molecule has 0 aromatic heterocycles. The number of anilines is 1. The lowest BCUT2D eigenvalue weighted by atomic mass is 10.1. The van der Waals surface area contributed by atoms with Crippen molar-refractivity contribution in [2.24, 2.45) is 0 Å². The van der Waals surface area contributed by atoms with Crippen molar-refractivity contribution in [3.8, 4) is 0 Å². The summed E-state index contributed by atoms with van der Waals surface area (Å²) in [4.78, 5) is 28.8. The van der Waals surface area contributed by atoms with Gasteiger partial charge in [0.1, 0.15) is 5.82 Å². The van der Waals surface area contributed by atoms with Gasteiger partial charge in [-0.25, -0.2) is 9.18 Å². The number of benzene rings is 2. The SMILES string of the molecule is CC(C)NC(=O)Nc1cccc(C(=O)N2CCN(Cc3ccc(F)cc3Cl)CC2)c1. The fourth-order valence-corrected chi connectivity index (χ4v) is 3.57. The van der Waals surface area contributed by atoms with Crippen LogP contribution in [0.15, 0.2) is 42.5 Å². The lowest BCUT2D eigenvalue weighted by Crippen LogP contribution is -2.48. The van der Waals surface area contributed by atoms with Crippen molar-refractivity contribution in [1.82, 2.24) is 15.1 Å². The molecule has 1 heterocycles. The van der Waals surface area contributed by atoms with Crippen LogP contribution in [0.5, 0.6) is 0 Å². The number of rotatable bonds is 5. The van der Waals surface area contributed by atoms with Crippen molar-refractivity contribution in [3.05, 3.63) is 64.4 Å². The monoisotopic (exact) mass is 432 g/mol. The van der Waals surface area contributed by atoms with Crippen LogP contribution in [-0.4, -0.2) is 54.0 Å². The van der Waals surface area contributed by atoms with Crippen molar-refractivity contribution in [2.45, 2.75) is 26.4 Å². The summed E-state index contributed by atoms with van der Waals surface area (Å²) in [5.41, 5.74) is 1.98. The quantitative estimate of drug-likeness (QED) is 0.751. The minimum absolute atomic E-state index is 0.0240. The number of carbonyl (C=O) groups is 2. The van der Waals surface area contributed by atoms with Crippen LogP contribution in [0, 0.1) is 5.82 Å². The Hall–Kier alpha value is -2.64. The Bertz CT molecular complexity index is 914. The molecule has 0 aliphatic carbocycles. The molecule has 0 unspecified atom stereocenters. The highest BCUT2D eigenvalue weighted by Crippen LogP contribution is 2.20. The molecule has 1 aliphatic heterocycles. The van der Waals surface area contributed by atoms with Gasteiger partial charge in [0.2, 0.25) is 0 Å². The highest BCUT2D eigenvalue weighted by atomic mass is 35.5. The van der Waals surface area contributed by atoms with Crippen LogP contribution in [0.4, 0.5) is 14.9 Å². The van der Waals surface area contributed by atoms with E-state index in [9.17, 15) is 14.0 Å². The Balaban J connectivity index is 1.56. The van der Waals surface area contributed by atoms with E-state index in [-0.39, 0.29) is 23.8 Å². The molecule has 2 aromatic rings. The second-order valence-corrected chi connectivity index (χ2v) is 8.05. The van der Waals surface area contributed by atoms with Gasteiger partial charge in [-0.05, 0) is 49.7 Å². The first-order chi connectivity index (χ1) is 14.3. The average molecular weight is 433 g/mol. The lowest BCUT2D eigenvalue weighted by molar-refractivity contribution is 0.0628. The third kappa shape index (κ3) is 5.93. The Labute approximate surface area is 181 Å². The Morgan fingerprint density at radius 2 is 1.83 bits per heavy atom. The van der Waals surface area contributed by atoms with E-state index < -0.39 is 0 Å². The van der Waals surface area contributed by atoms with Gasteiger partial charge in [0, 0.05) is 55.0 Å². The molecule has 0 saturated carbocycles. The van der Waals surface area contributed by atoms with E-state index in [0.29, 0.717) is 49.0 Å². The summed E-state index contributed by atoms with van der Waals surface area (Å²) in [5, 5.41) is 5.92. The summed E-state index contributed by atoms with van der Waals surface area (Å²) < 4.78 is 13.2. The molecule has 0 atom stereocenters. The second kappa shape index (κ2) is 9.91. The van der Waals surface area contributed by atoms with E-state index in [1.54, 1.807) is 35.2 Å². The second-order valence-electron chi connectivity index (χ2n) is 7.64. The van der Waals surface area contributed by atoms with Gasteiger partial charge in [0.15, 0.2) is 0 Å². The topological polar surface area (TPSA) is 64.7 Å². The molecule has 3 amide bonds. The van der Waals surface area contributed by atoms with Crippen LogP contribution < -0.4 is 10.6 Å². The van der Waals surface area contributed by atoms with Gasteiger partial charge in [-0.3, -0.25) is 9.69 Å². The molecule has 6 nitrogen and oxygen atoms in total. The maximum absolute atomic E-state index is 13.2. The molecule has 0 radical (unpaired) electrons. The molecular weight excluding hydrogens is 407 g/mol. The first kappa shape index (κ1) is 22.1. The molecule has 2 N–H and O–H groups in total. The molecule has 2 aromatic carbocycles. The average Bonchev–Trinajstić information content (AvgIpc) is 2.69. The summed E-state index contributed by atoms with van der Waals surface area (Å²) >= 11 is 6.12. The predicted molar refractivity (Wildman–Crippen MR) is 116 cm³/mol. The van der Waals surface area contributed by atoms with E-state index in [4.69, 9.17) is 11.6 Å². The van der Waals surface area contributed by atoms with Crippen LogP contribution in [0.1, 0.15) is 29.8 Å². The molecule has 30 heavy (non-hydrogen) atoms. The van der Waals surface area contributed by atoms with Gasteiger partial charge in [0.25, 0.3) is 5.91 Å². The number of urea groups is 1. The zero-order valence-corrected chi connectivity index (χ0v) is 17.9. The van der Waals surface area contributed by atoms with E-state index in [1.165, 1.54) is 12.1 Å². The van der Waals surface area contributed by atoms with Crippen molar-refractivity contribution in [2.75, 3.05) is 31.5 Å². The fourth-order valence-electron chi connectivity index (χ4n) is 3.34. The van der Waals surface area contributed by atoms with Gasteiger partial charge in [0.05, 0.1) is 0 Å². The van der Waals surface area contributed by atoms with E-state index in [2.05, 4.69) is 15.5 Å². The third-order valence-corrected chi connectivity index (χ3v) is 5.21. The molecule has 1 fully saturated rings. The Kier molecular flexibility index (Phi) is 7.29. The summed E-state index contributed by atoms with van der Waals surface area (Å²) in [5.74, 6) is -0.417. The van der Waals surface area contributed by atoms with E-state index in [1.807, 2.05) is 13.8 Å². The Morgan fingerprint density at radius 3 is 2.50 bits per heavy atom. The molecular formula is C22H26ClFN4O2. The van der Waals surface area contributed by atoms with Crippen molar-refractivity contribution < 1.29 is 14.0 Å². The highest BCUT2D eigenvalue weighted by molar-refractivity contribution is 6.31. The fraction of sp³-hybridized carbons (Fsp3) is 0.364. The summed E-state index contributed by atoms with van der Waals surface area (Å²) in [7, 11) is 0. The summed E-state index contributed by atoms with van der Waals surface area (Å²) in [6, 6.07) is 11.1. The number of amides is 3. The number of carbonyl (C=O) groups excluding carboxylic acids is 2. The van der Waals surface area contributed by atoms with Crippen molar-refractivity contribution in [3.63, 3.8) is 0 Å². The highest BCUT2D eigenvalue weighted by Gasteiger charge is 2.23. The maximum Gasteiger partial charge on any atom is 0.319 e. The van der Waals surface area contributed by atoms with Gasteiger partial charge in [-0.1, -0.05) is 23.7 Å². The molecule has 8 heteroatoms. The van der Waals surface area contributed by atoms with E-state index in [0.717, 1.165) is 5.56 Å². The zero-order chi connectivity index (χ0) is 21.7. The minimum Gasteiger partial charge on any atom is -0.336 e. The van der Waals surface area contributed by atoms with Crippen LogP contribution >= 0.6 is 11.6 Å². The van der Waals surface area contributed by atoms with Crippen molar-refractivity contribution >= 4 is 29.2 Å². The number of hydrogen-bond acceptors (Lipinski definition) is 3.